The number of rotatable bonds is 5. The van der Waals surface area contributed by atoms with Crippen molar-refractivity contribution in [2.75, 3.05) is 19.0 Å². The van der Waals surface area contributed by atoms with Crippen molar-refractivity contribution in [2.24, 2.45) is 5.41 Å². The van der Waals surface area contributed by atoms with E-state index >= 15 is 0 Å². The van der Waals surface area contributed by atoms with Gasteiger partial charge in [0.1, 0.15) is 0 Å². The lowest BCUT2D eigenvalue weighted by Crippen LogP contribution is -2.36. The molecule has 2 amide bonds. The zero-order valence-electron chi connectivity index (χ0n) is 10.5. The van der Waals surface area contributed by atoms with Crippen LogP contribution < -0.4 is 15.4 Å². The maximum atomic E-state index is 11.6. The molecule has 7 heteroatoms. The molecule has 1 aliphatic carbocycles. The maximum absolute atomic E-state index is 11.6. The average Bonchev–Trinajstić information content (AvgIpc) is 3.18. The number of ether oxygens (including phenoxy) is 1. The normalized spacial score (nSPS) is 15.4. The summed E-state index contributed by atoms with van der Waals surface area (Å²) < 4.78 is 4.90. The minimum atomic E-state index is -0.862. The summed E-state index contributed by atoms with van der Waals surface area (Å²) in [6.07, 6.45) is 2.67. The molecule has 1 aromatic heterocycles. The van der Waals surface area contributed by atoms with Crippen molar-refractivity contribution in [2.45, 2.75) is 12.8 Å². The summed E-state index contributed by atoms with van der Waals surface area (Å²) in [6, 6.07) is 2.82. The van der Waals surface area contributed by atoms with Crippen LogP contribution in [0.4, 0.5) is 10.5 Å². The highest BCUT2D eigenvalue weighted by molar-refractivity contribution is 5.89. The number of urea groups is 1. The predicted octanol–water partition coefficient (Wildman–Crippen LogP) is 1.08. The van der Waals surface area contributed by atoms with Crippen molar-refractivity contribution in [3.05, 3.63) is 18.3 Å². The number of nitrogens with one attached hydrogen (secondary N) is 2. The molecule has 1 aromatic rings. The summed E-state index contributed by atoms with van der Waals surface area (Å²) in [5.74, 6) is -0.410. The Bertz CT molecular complexity index is 482. The van der Waals surface area contributed by atoms with E-state index in [1.54, 1.807) is 12.1 Å². The summed E-state index contributed by atoms with van der Waals surface area (Å²) in [4.78, 5) is 26.5. The Balaban J connectivity index is 1.82. The second-order valence-electron chi connectivity index (χ2n) is 4.48. The number of hydrogen-bond acceptors (Lipinski definition) is 4. The monoisotopic (exact) mass is 265 g/mol. The molecule has 1 saturated carbocycles. The average molecular weight is 265 g/mol. The van der Waals surface area contributed by atoms with Gasteiger partial charge >= 0.3 is 12.0 Å². The van der Waals surface area contributed by atoms with E-state index in [0.717, 1.165) is 0 Å². The minimum Gasteiger partial charge on any atom is -0.481 e. The quantitative estimate of drug-likeness (QED) is 0.739. The smallest absolute Gasteiger partial charge is 0.319 e. The van der Waals surface area contributed by atoms with E-state index in [1.165, 1.54) is 13.3 Å². The van der Waals surface area contributed by atoms with Crippen molar-refractivity contribution in [1.82, 2.24) is 10.3 Å². The van der Waals surface area contributed by atoms with E-state index in [1.807, 2.05) is 0 Å². The number of hydrogen-bond donors (Lipinski definition) is 3. The number of nitrogens with zero attached hydrogens (tertiary/aromatic N) is 1. The number of carbonyl (C=O) groups excluding carboxylic acids is 1. The number of pyridine rings is 1. The summed E-state index contributed by atoms with van der Waals surface area (Å²) in [5.41, 5.74) is -0.256. The van der Waals surface area contributed by atoms with Crippen LogP contribution in [-0.4, -0.2) is 35.7 Å². The number of carboxylic acids is 1. The van der Waals surface area contributed by atoms with E-state index in [4.69, 9.17) is 9.84 Å². The van der Waals surface area contributed by atoms with Crippen molar-refractivity contribution < 1.29 is 19.4 Å². The minimum absolute atomic E-state index is 0.137. The first-order valence-electron chi connectivity index (χ1n) is 5.84. The lowest BCUT2D eigenvalue weighted by Gasteiger charge is -2.12. The van der Waals surface area contributed by atoms with Gasteiger partial charge in [0.2, 0.25) is 5.88 Å². The molecular weight excluding hydrogens is 250 g/mol. The molecule has 2 rings (SSSR count). The van der Waals surface area contributed by atoms with Crippen LogP contribution in [0, 0.1) is 5.41 Å². The summed E-state index contributed by atoms with van der Waals surface area (Å²) >= 11 is 0. The van der Waals surface area contributed by atoms with E-state index < -0.39 is 17.4 Å². The molecular formula is C12H15N3O4. The third kappa shape index (κ3) is 3.12. The molecule has 0 atom stereocenters. The van der Waals surface area contributed by atoms with Gasteiger partial charge in [-0.1, -0.05) is 0 Å². The van der Waals surface area contributed by atoms with Gasteiger partial charge < -0.3 is 20.5 Å². The zero-order valence-corrected chi connectivity index (χ0v) is 10.5. The number of carbonyl (C=O) groups is 2. The largest absolute Gasteiger partial charge is 0.481 e. The predicted molar refractivity (Wildman–Crippen MR) is 67.1 cm³/mol. The topological polar surface area (TPSA) is 101 Å². The fourth-order valence-electron chi connectivity index (χ4n) is 1.62. The van der Waals surface area contributed by atoms with Crippen molar-refractivity contribution in [1.29, 1.82) is 0 Å². The Labute approximate surface area is 110 Å². The Kier molecular flexibility index (Phi) is 3.55. The first-order chi connectivity index (χ1) is 9.05. The molecule has 1 aliphatic rings. The van der Waals surface area contributed by atoms with Gasteiger partial charge in [0.25, 0.3) is 0 Å². The molecule has 1 heterocycles. The summed E-state index contributed by atoms with van der Waals surface area (Å²) in [5, 5.41) is 14.1. The molecule has 19 heavy (non-hydrogen) atoms. The molecule has 102 valence electrons. The van der Waals surface area contributed by atoms with Gasteiger partial charge in [-0.2, -0.15) is 0 Å². The molecule has 7 nitrogen and oxygen atoms in total. The molecule has 0 aromatic carbocycles. The van der Waals surface area contributed by atoms with Crippen molar-refractivity contribution >= 4 is 17.7 Å². The van der Waals surface area contributed by atoms with Gasteiger partial charge in [-0.25, -0.2) is 9.78 Å². The molecule has 3 N–H and O–H groups in total. The van der Waals surface area contributed by atoms with Crippen LogP contribution in [0.3, 0.4) is 0 Å². The van der Waals surface area contributed by atoms with Gasteiger partial charge in [0.15, 0.2) is 0 Å². The number of amides is 2. The Hall–Kier alpha value is -2.31. The highest BCUT2D eigenvalue weighted by Crippen LogP contribution is 2.45. The van der Waals surface area contributed by atoms with Gasteiger partial charge in [0, 0.05) is 12.6 Å². The highest BCUT2D eigenvalue weighted by Gasteiger charge is 2.50. The van der Waals surface area contributed by atoms with Crippen LogP contribution in [0.5, 0.6) is 5.88 Å². The second kappa shape index (κ2) is 5.13. The van der Waals surface area contributed by atoms with E-state index in [-0.39, 0.29) is 6.54 Å². The summed E-state index contributed by atoms with van der Waals surface area (Å²) in [6.45, 7) is 0.137. The van der Waals surface area contributed by atoms with Gasteiger partial charge in [-0.15, -0.1) is 0 Å². The summed E-state index contributed by atoms with van der Waals surface area (Å²) in [7, 11) is 1.50. The number of aromatic nitrogens is 1. The molecule has 1 fully saturated rings. The fraction of sp³-hybridized carbons (Fsp3) is 0.417. The van der Waals surface area contributed by atoms with Crippen molar-refractivity contribution in [3.63, 3.8) is 0 Å². The molecule has 0 aliphatic heterocycles. The number of carboxylic acid groups (broad SMARTS) is 1. The number of methoxy groups -OCH3 is 1. The maximum Gasteiger partial charge on any atom is 0.319 e. The van der Waals surface area contributed by atoms with Gasteiger partial charge in [-0.05, 0) is 18.9 Å². The third-order valence-electron chi connectivity index (χ3n) is 3.10. The standard InChI is InChI=1S/C12H15N3O4/c1-19-9-3-2-8(6-13-9)15-11(18)14-7-12(4-5-12)10(16)17/h2-3,6H,4-5,7H2,1H3,(H,16,17)(H2,14,15,18). The first-order valence-corrected chi connectivity index (χ1v) is 5.84. The first kappa shape index (κ1) is 13.1. The molecule has 0 radical (unpaired) electrons. The van der Waals surface area contributed by atoms with E-state index in [9.17, 15) is 9.59 Å². The fourth-order valence-corrected chi connectivity index (χ4v) is 1.62. The Morgan fingerprint density at radius 2 is 2.21 bits per heavy atom. The van der Waals surface area contributed by atoms with Crippen LogP contribution in [0.25, 0.3) is 0 Å². The second-order valence-corrected chi connectivity index (χ2v) is 4.48. The third-order valence-corrected chi connectivity index (χ3v) is 3.10. The number of aliphatic carboxylic acids is 1. The highest BCUT2D eigenvalue weighted by atomic mass is 16.5. The van der Waals surface area contributed by atoms with Crippen LogP contribution in [-0.2, 0) is 4.79 Å². The van der Waals surface area contributed by atoms with Gasteiger partial charge in [0.05, 0.1) is 24.4 Å². The Morgan fingerprint density at radius 3 is 2.68 bits per heavy atom. The molecule has 0 spiro atoms. The lowest BCUT2D eigenvalue weighted by molar-refractivity contribution is -0.143. The van der Waals surface area contributed by atoms with Crippen LogP contribution in [0.1, 0.15) is 12.8 Å². The number of anilines is 1. The molecule has 0 unspecified atom stereocenters. The van der Waals surface area contributed by atoms with Crippen LogP contribution in [0.15, 0.2) is 18.3 Å². The van der Waals surface area contributed by atoms with E-state index in [0.29, 0.717) is 24.4 Å². The molecule has 0 bridgehead atoms. The lowest BCUT2D eigenvalue weighted by atomic mass is 10.1. The van der Waals surface area contributed by atoms with Crippen LogP contribution >= 0.6 is 0 Å². The van der Waals surface area contributed by atoms with Crippen molar-refractivity contribution in [3.8, 4) is 5.88 Å². The van der Waals surface area contributed by atoms with Crippen LogP contribution in [0.2, 0.25) is 0 Å². The van der Waals surface area contributed by atoms with Gasteiger partial charge in [-0.3, -0.25) is 4.79 Å². The Morgan fingerprint density at radius 1 is 1.47 bits per heavy atom. The SMILES string of the molecule is COc1ccc(NC(=O)NCC2(C(=O)O)CC2)cn1. The molecule has 0 saturated heterocycles. The van der Waals surface area contributed by atoms with E-state index in [2.05, 4.69) is 15.6 Å². The zero-order chi connectivity index (χ0) is 13.9.